The molecule has 4 rings (SSSR count). The summed E-state index contributed by atoms with van der Waals surface area (Å²) in [6, 6.07) is 11.3. The Labute approximate surface area is 135 Å². The van der Waals surface area contributed by atoms with Gasteiger partial charge in [-0.1, -0.05) is 12.1 Å². The summed E-state index contributed by atoms with van der Waals surface area (Å²) in [7, 11) is 0. The standard InChI is InChI=1S/C16H13BrN2O3/c17-14-3-1-2-11(19-14)10-7-16(10,15(18)20)9-4-5-12-13(6-9)22-8-21-12/h1-6,10H,7-8H2,(H2,18,20). The lowest BCUT2D eigenvalue weighted by Gasteiger charge is -2.14. The van der Waals surface area contributed by atoms with Crippen LogP contribution >= 0.6 is 15.9 Å². The van der Waals surface area contributed by atoms with E-state index >= 15 is 0 Å². The molecule has 0 saturated heterocycles. The van der Waals surface area contributed by atoms with Gasteiger partial charge in [-0.25, -0.2) is 4.98 Å². The fraction of sp³-hybridized carbons (Fsp3) is 0.250. The molecule has 1 aromatic carbocycles. The third kappa shape index (κ3) is 1.90. The quantitative estimate of drug-likeness (QED) is 0.853. The van der Waals surface area contributed by atoms with E-state index in [1.807, 2.05) is 36.4 Å². The molecule has 2 unspecified atom stereocenters. The number of carbonyl (C=O) groups is 1. The third-order valence-corrected chi connectivity index (χ3v) is 4.82. The summed E-state index contributed by atoms with van der Waals surface area (Å²) in [5, 5.41) is 0. The minimum absolute atomic E-state index is 0.0112. The van der Waals surface area contributed by atoms with Crippen molar-refractivity contribution in [3.8, 4) is 11.5 Å². The van der Waals surface area contributed by atoms with Crippen molar-refractivity contribution in [1.82, 2.24) is 4.98 Å². The highest BCUT2D eigenvalue weighted by atomic mass is 79.9. The van der Waals surface area contributed by atoms with Gasteiger partial charge in [0.15, 0.2) is 11.5 Å². The number of halogens is 1. The van der Waals surface area contributed by atoms with Crippen molar-refractivity contribution < 1.29 is 14.3 Å². The first-order valence-electron chi connectivity index (χ1n) is 6.94. The van der Waals surface area contributed by atoms with E-state index in [4.69, 9.17) is 15.2 Å². The molecule has 6 heteroatoms. The van der Waals surface area contributed by atoms with Gasteiger partial charge in [-0.2, -0.15) is 0 Å². The lowest BCUT2D eigenvalue weighted by atomic mass is 9.91. The number of hydrogen-bond donors (Lipinski definition) is 1. The first kappa shape index (κ1) is 13.6. The number of rotatable bonds is 3. The predicted molar refractivity (Wildman–Crippen MR) is 82.7 cm³/mol. The Morgan fingerprint density at radius 2 is 2.09 bits per heavy atom. The van der Waals surface area contributed by atoms with Crippen molar-refractivity contribution in [2.45, 2.75) is 17.8 Å². The summed E-state index contributed by atoms with van der Waals surface area (Å²) >= 11 is 3.37. The Kier molecular flexibility index (Phi) is 2.91. The van der Waals surface area contributed by atoms with Crippen LogP contribution < -0.4 is 15.2 Å². The molecule has 1 aromatic heterocycles. The fourth-order valence-electron chi connectivity index (χ4n) is 3.15. The first-order chi connectivity index (χ1) is 10.6. The minimum atomic E-state index is -0.714. The molecule has 0 bridgehead atoms. The van der Waals surface area contributed by atoms with Gasteiger partial charge >= 0.3 is 0 Å². The smallest absolute Gasteiger partial charge is 0.231 e. The highest BCUT2D eigenvalue weighted by Crippen LogP contribution is 2.60. The zero-order valence-corrected chi connectivity index (χ0v) is 13.2. The van der Waals surface area contributed by atoms with Crippen molar-refractivity contribution >= 4 is 21.8 Å². The molecule has 2 heterocycles. The molecule has 5 nitrogen and oxygen atoms in total. The third-order valence-electron chi connectivity index (χ3n) is 4.38. The van der Waals surface area contributed by atoms with E-state index in [1.165, 1.54) is 0 Å². The van der Waals surface area contributed by atoms with E-state index in [0.29, 0.717) is 17.9 Å². The fourth-order valence-corrected chi connectivity index (χ4v) is 3.50. The predicted octanol–water partition coefficient (Wildman–Crippen LogP) is 2.48. The zero-order valence-electron chi connectivity index (χ0n) is 11.6. The summed E-state index contributed by atoms with van der Waals surface area (Å²) < 4.78 is 11.5. The molecular formula is C16H13BrN2O3. The van der Waals surface area contributed by atoms with Crippen LogP contribution in [0.3, 0.4) is 0 Å². The van der Waals surface area contributed by atoms with Gasteiger partial charge in [0.05, 0.1) is 5.41 Å². The van der Waals surface area contributed by atoms with Gasteiger partial charge in [0.1, 0.15) is 4.60 Å². The minimum Gasteiger partial charge on any atom is -0.454 e. The SMILES string of the molecule is NC(=O)C1(c2ccc3c(c2)OCO3)CC1c1cccc(Br)n1. The van der Waals surface area contributed by atoms with Crippen LogP contribution in [0.1, 0.15) is 23.6 Å². The summed E-state index contributed by atoms with van der Waals surface area (Å²) in [5.41, 5.74) is 6.74. The number of nitrogens with zero attached hydrogens (tertiary/aromatic N) is 1. The number of benzene rings is 1. The highest BCUT2D eigenvalue weighted by molar-refractivity contribution is 9.10. The summed E-state index contributed by atoms with van der Waals surface area (Å²) in [4.78, 5) is 16.6. The molecule has 1 aliphatic heterocycles. The maximum absolute atomic E-state index is 12.2. The van der Waals surface area contributed by atoms with Crippen LogP contribution in [0.25, 0.3) is 0 Å². The lowest BCUT2D eigenvalue weighted by Crippen LogP contribution is -2.30. The van der Waals surface area contributed by atoms with Gasteiger partial charge in [0.2, 0.25) is 12.7 Å². The molecule has 2 aliphatic rings. The van der Waals surface area contributed by atoms with Crippen molar-refractivity contribution in [2.24, 2.45) is 5.73 Å². The Morgan fingerprint density at radius 1 is 1.27 bits per heavy atom. The molecule has 1 saturated carbocycles. The van der Waals surface area contributed by atoms with Crippen molar-refractivity contribution in [1.29, 1.82) is 0 Å². The van der Waals surface area contributed by atoms with E-state index in [-0.39, 0.29) is 18.6 Å². The van der Waals surface area contributed by atoms with E-state index in [1.54, 1.807) is 0 Å². The average molecular weight is 361 g/mol. The molecule has 0 spiro atoms. The van der Waals surface area contributed by atoms with E-state index < -0.39 is 5.41 Å². The molecule has 1 fully saturated rings. The largest absolute Gasteiger partial charge is 0.454 e. The van der Waals surface area contributed by atoms with Crippen LogP contribution in [-0.4, -0.2) is 17.7 Å². The van der Waals surface area contributed by atoms with Gasteiger partial charge in [0, 0.05) is 11.6 Å². The molecule has 2 N–H and O–H groups in total. The molecule has 0 radical (unpaired) electrons. The van der Waals surface area contributed by atoms with Gasteiger partial charge in [0.25, 0.3) is 0 Å². The van der Waals surface area contributed by atoms with Crippen LogP contribution in [0.5, 0.6) is 11.5 Å². The Bertz CT molecular complexity index is 780. The number of amides is 1. The molecule has 2 atom stereocenters. The van der Waals surface area contributed by atoms with Crippen LogP contribution in [0, 0.1) is 0 Å². The topological polar surface area (TPSA) is 74.4 Å². The Balaban J connectivity index is 1.75. The molecule has 1 aliphatic carbocycles. The summed E-state index contributed by atoms with van der Waals surface area (Å²) in [6.07, 6.45) is 0.658. The maximum Gasteiger partial charge on any atom is 0.231 e. The van der Waals surface area contributed by atoms with Gasteiger partial charge < -0.3 is 15.2 Å². The molecular weight excluding hydrogens is 348 g/mol. The van der Waals surface area contributed by atoms with E-state index in [2.05, 4.69) is 20.9 Å². The number of pyridine rings is 1. The van der Waals surface area contributed by atoms with Crippen molar-refractivity contribution in [2.75, 3.05) is 6.79 Å². The number of hydrogen-bond acceptors (Lipinski definition) is 4. The lowest BCUT2D eigenvalue weighted by molar-refractivity contribution is -0.120. The van der Waals surface area contributed by atoms with E-state index in [9.17, 15) is 4.79 Å². The summed E-state index contributed by atoms with van der Waals surface area (Å²) in [6.45, 7) is 0.207. The van der Waals surface area contributed by atoms with Crippen LogP contribution in [0.2, 0.25) is 0 Å². The van der Waals surface area contributed by atoms with Crippen LogP contribution in [0.15, 0.2) is 41.0 Å². The van der Waals surface area contributed by atoms with Gasteiger partial charge in [-0.05, 0) is 52.2 Å². The van der Waals surface area contributed by atoms with E-state index in [0.717, 1.165) is 15.9 Å². The zero-order chi connectivity index (χ0) is 15.3. The summed E-state index contributed by atoms with van der Waals surface area (Å²) in [5.74, 6) is 1.01. The highest BCUT2D eigenvalue weighted by Gasteiger charge is 2.61. The Morgan fingerprint density at radius 3 is 2.86 bits per heavy atom. The second-order valence-electron chi connectivity index (χ2n) is 5.55. The molecule has 1 amide bonds. The normalized spacial score (nSPS) is 25.0. The average Bonchev–Trinajstić information content (AvgIpc) is 3.10. The molecule has 2 aromatic rings. The first-order valence-corrected chi connectivity index (χ1v) is 7.73. The number of nitrogens with two attached hydrogens (primary N) is 1. The van der Waals surface area contributed by atoms with Crippen LogP contribution in [0.4, 0.5) is 0 Å². The second-order valence-corrected chi connectivity index (χ2v) is 6.36. The Hall–Kier alpha value is -2.08. The number of carbonyl (C=O) groups excluding carboxylic acids is 1. The second kappa shape index (κ2) is 4.71. The molecule has 22 heavy (non-hydrogen) atoms. The number of ether oxygens (including phenoxy) is 2. The molecule has 112 valence electrons. The number of fused-ring (bicyclic) bond motifs is 1. The monoisotopic (exact) mass is 360 g/mol. The van der Waals surface area contributed by atoms with Gasteiger partial charge in [-0.15, -0.1) is 0 Å². The number of aromatic nitrogens is 1. The maximum atomic E-state index is 12.2. The van der Waals surface area contributed by atoms with Crippen LogP contribution in [-0.2, 0) is 10.2 Å². The number of primary amides is 1. The van der Waals surface area contributed by atoms with Crippen molar-refractivity contribution in [3.05, 3.63) is 52.3 Å². The van der Waals surface area contributed by atoms with Crippen molar-refractivity contribution in [3.63, 3.8) is 0 Å². The van der Waals surface area contributed by atoms with Gasteiger partial charge in [-0.3, -0.25) is 4.79 Å².